The Hall–Kier alpha value is -3.05. The molecule has 6 heteroatoms. The molecule has 0 aliphatic carbocycles. The van der Waals surface area contributed by atoms with Gasteiger partial charge in [-0.2, -0.15) is 0 Å². The lowest BCUT2D eigenvalue weighted by molar-refractivity contribution is -0.115. The first-order valence-corrected chi connectivity index (χ1v) is 8.76. The average Bonchev–Trinajstić information content (AvgIpc) is 2.68. The summed E-state index contributed by atoms with van der Waals surface area (Å²) in [7, 11) is 1.61. The van der Waals surface area contributed by atoms with Crippen molar-refractivity contribution in [3.63, 3.8) is 0 Å². The molecule has 2 aromatic carbocycles. The van der Waals surface area contributed by atoms with Crippen molar-refractivity contribution < 1.29 is 14.3 Å². The van der Waals surface area contributed by atoms with Crippen LogP contribution in [0.15, 0.2) is 67.0 Å². The number of amides is 1. The van der Waals surface area contributed by atoms with Crippen LogP contribution in [0.4, 0.5) is 5.69 Å². The Kier molecular flexibility index (Phi) is 6.28. The van der Waals surface area contributed by atoms with E-state index in [1.807, 2.05) is 36.4 Å². The van der Waals surface area contributed by atoms with E-state index in [-0.39, 0.29) is 12.3 Å². The molecule has 3 aromatic rings. The number of aromatic nitrogens is 1. The second-order valence-corrected chi connectivity index (χ2v) is 6.28. The van der Waals surface area contributed by atoms with Gasteiger partial charge in [-0.15, -0.1) is 0 Å². The maximum Gasteiger partial charge on any atom is 0.228 e. The summed E-state index contributed by atoms with van der Waals surface area (Å²) in [5, 5.41) is 3.27. The fourth-order valence-electron chi connectivity index (χ4n) is 2.47. The van der Waals surface area contributed by atoms with Crippen molar-refractivity contribution in [3.05, 3.63) is 83.1 Å². The number of ether oxygens (including phenoxy) is 2. The Morgan fingerprint density at radius 3 is 2.59 bits per heavy atom. The van der Waals surface area contributed by atoms with Crippen molar-refractivity contribution in [2.75, 3.05) is 12.4 Å². The minimum absolute atomic E-state index is 0.125. The highest BCUT2D eigenvalue weighted by atomic mass is 35.5. The lowest BCUT2D eigenvalue weighted by Gasteiger charge is -2.11. The van der Waals surface area contributed by atoms with Gasteiger partial charge in [0.05, 0.1) is 18.6 Å². The SMILES string of the molecule is COc1ccc(CC(=O)Nc2ccc(OCc3cccnc3)c(Cl)c2)cc1. The highest BCUT2D eigenvalue weighted by Crippen LogP contribution is 2.28. The van der Waals surface area contributed by atoms with Crippen molar-refractivity contribution in [1.29, 1.82) is 0 Å². The van der Waals surface area contributed by atoms with Crippen LogP contribution in [0.25, 0.3) is 0 Å². The molecule has 0 saturated heterocycles. The molecule has 0 unspecified atom stereocenters. The van der Waals surface area contributed by atoms with E-state index in [1.165, 1.54) is 0 Å². The molecule has 0 radical (unpaired) electrons. The van der Waals surface area contributed by atoms with Gasteiger partial charge in [-0.05, 0) is 42.0 Å². The third kappa shape index (κ3) is 5.46. The fraction of sp³-hybridized carbons (Fsp3) is 0.143. The van der Waals surface area contributed by atoms with Crippen molar-refractivity contribution in [3.8, 4) is 11.5 Å². The van der Waals surface area contributed by atoms with Crippen LogP contribution in [0.1, 0.15) is 11.1 Å². The van der Waals surface area contributed by atoms with Gasteiger partial charge in [0.15, 0.2) is 0 Å². The molecule has 0 atom stereocenters. The van der Waals surface area contributed by atoms with Crippen LogP contribution in [0.5, 0.6) is 11.5 Å². The van der Waals surface area contributed by atoms with Crippen LogP contribution in [-0.2, 0) is 17.8 Å². The predicted molar refractivity (Wildman–Crippen MR) is 105 cm³/mol. The Bertz CT molecular complexity index is 899. The van der Waals surface area contributed by atoms with Gasteiger partial charge in [-0.1, -0.05) is 29.8 Å². The molecule has 1 aromatic heterocycles. The van der Waals surface area contributed by atoms with E-state index in [4.69, 9.17) is 21.1 Å². The fourth-order valence-corrected chi connectivity index (χ4v) is 2.71. The zero-order chi connectivity index (χ0) is 19.1. The monoisotopic (exact) mass is 382 g/mol. The first-order chi connectivity index (χ1) is 13.1. The van der Waals surface area contributed by atoms with Crippen LogP contribution >= 0.6 is 11.6 Å². The van der Waals surface area contributed by atoms with E-state index in [0.29, 0.717) is 23.1 Å². The van der Waals surface area contributed by atoms with Crippen molar-refractivity contribution >= 4 is 23.2 Å². The van der Waals surface area contributed by atoms with Crippen LogP contribution in [0.2, 0.25) is 5.02 Å². The number of carbonyl (C=O) groups excluding carboxylic acids is 1. The van der Waals surface area contributed by atoms with E-state index in [0.717, 1.165) is 16.9 Å². The summed E-state index contributed by atoms with van der Waals surface area (Å²) in [6.45, 7) is 0.372. The molecule has 1 heterocycles. The van der Waals surface area contributed by atoms with E-state index >= 15 is 0 Å². The molecule has 5 nitrogen and oxygen atoms in total. The van der Waals surface area contributed by atoms with Crippen molar-refractivity contribution in [1.82, 2.24) is 4.98 Å². The minimum atomic E-state index is -0.125. The molecule has 138 valence electrons. The molecule has 0 fully saturated rings. The largest absolute Gasteiger partial charge is 0.497 e. The van der Waals surface area contributed by atoms with E-state index in [9.17, 15) is 4.79 Å². The normalized spacial score (nSPS) is 10.3. The molecule has 27 heavy (non-hydrogen) atoms. The van der Waals surface area contributed by atoms with Gasteiger partial charge in [0.25, 0.3) is 0 Å². The number of rotatable bonds is 7. The summed E-state index contributed by atoms with van der Waals surface area (Å²) < 4.78 is 10.8. The maximum absolute atomic E-state index is 12.2. The second-order valence-electron chi connectivity index (χ2n) is 5.87. The maximum atomic E-state index is 12.2. The smallest absolute Gasteiger partial charge is 0.228 e. The van der Waals surface area contributed by atoms with Gasteiger partial charge in [-0.3, -0.25) is 9.78 Å². The molecule has 0 spiro atoms. The van der Waals surface area contributed by atoms with Gasteiger partial charge in [-0.25, -0.2) is 0 Å². The topological polar surface area (TPSA) is 60.5 Å². The quantitative estimate of drug-likeness (QED) is 0.653. The van der Waals surface area contributed by atoms with E-state index in [1.54, 1.807) is 37.7 Å². The molecule has 0 saturated carbocycles. The highest BCUT2D eigenvalue weighted by molar-refractivity contribution is 6.32. The Balaban J connectivity index is 1.57. The van der Waals surface area contributed by atoms with Crippen molar-refractivity contribution in [2.45, 2.75) is 13.0 Å². The number of nitrogens with one attached hydrogen (secondary N) is 1. The number of hydrogen-bond donors (Lipinski definition) is 1. The molecule has 0 bridgehead atoms. The van der Waals surface area contributed by atoms with Gasteiger partial charge in [0.2, 0.25) is 5.91 Å². The number of halogens is 1. The molecule has 0 aliphatic rings. The minimum Gasteiger partial charge on any atom is -0.497 e. The zero-order valence-corrected chi connectivity index (χ0v) is 15.6. The lowest BCUT2D eigenvalue weighted by atomic mass is 10.1. The number of anilines is 1. The first kappa shape index (κ1) is 18.7. The van der Waals surface area contributed by atoms with Crippen LogP contribution in [0.3, 0.4) is 0 Å². The first-order valence-electron chi connectivity index (χ1n) is 8.38. The number of hydrogen-bond acceptors (Lipinski definition) is 4. The number of methoxy groups -OCH3 is 1. The third-order valence-electron chi connectivity index (χ3n) is 3.86. The third-order valence-corrected chi connectivity index (χ3v) is 4.15. The summed E-state index contributed by atoms with van der Waals surface area (Å²) in [6.07, 6.45) is 3.71. The summed E-state index contributed by atoms with van der Waals surface area (Å²) in [4.78, 5) is 16.3. The molecular weight excluding hydrogens is 364 g/mol. The molecular formula is C21H19ClN2O3. The number of benzene rings is 2. The molecule has 3 rings (SSSR count). The Morgan fingerprint density at radius 1 is 1.11 bits per heavy atom. The van der Waals surface area contributed by atoms with E-state index in [2.05, 4.69) is 10.3 Å². The molecule has 1 amide bonds. The van der Waals surface area contributed by atoms with Gasteiger partial charge in [0.1, 0.15) is 18.1 Å². The lowest BCUT2D eigenvalue weighted by Crippen LogP contribution is -2.14. The molecule has 0 aliphatic heterocycles. The number of pyridine rings is 1. The standard InChI is InChI=1S/C21H19ClN2O3/c1-26-18-7-4-15(5-8-18)11-21(25)24-17-6-9-20(19(22)12-17)27-14-16-3-2-10-23-13-16/h2-10,12-13H,11,14H2,1H3,(H,24,25). The summed E-state index contributed by atoms with van der Waals surface area (Å²) in [6, 6.07) is 16.3. The average molecular weight is 383 g/mol. The van der Waals surface area contributed by atoms with Gasteiger partial charge < -0.3 is 14.8 Å². The van der Waals surface area contributed by atoms with Crippen LogP contribution < -0.4 is 14.8 Å². The van der Waals surface area contributed by atoms with Gasteiger partial charge >= 0.3 is 0 Å². The summed E-state index contributed by atoms with van der Waals surface area (Å²) in [5.74, 6) is 1.18. The Morgan fingerprint density at radius 2 is 1.93 bits per heavy atom. The summed E-state index contributed by atoms with van der Waals surface area (Å²) in [5.41, 5.74) is 2.47. The zero-order valence-electron chi connectivity index (χ0n) is 14.8. The van der Waals surface area contributed by atoms with Crippen molar-refractivity contribution in [2.24, 2.45) is 0 Å². The van der Waals surface area contributed by atoms with Crippen LogP contribution in [0, 0.1) is 0 Å². The predicted octanol–water partition coefficient (Wildman–Crippen LogP) is 4.50. The number of nitrogens with zero attached hydrogens (tertiary/aromatic N) is 1. The van der Waals surface area contributed by atoms with E-state index < -0.39 is 0 Å². The summed E-state index contributed by atoms with van der Waals surface area (Å²) >= 11 is 6.27. The Labute approximate surface area is 162 Å². The highest BCUT2D eigenvalue weighted by Gasteiger charge is 2.08. The second kappa shape index (κ2) is 9.05. The van der Waals surface area contributed by atoms with Crippen LogP contribution in [-0.4, -0.2) is 18.0 Å². The van der Waals surface area contributed by atoms with Gasteiger partial charge in [0, 0.05) is 23.6 Å². The number of carbonyl (C=O) groups is 1. The molecule has 1 N–H and O–H groups in total.